The number of carbonyl (C=O) groups excluding carboxylic acids is 4. The number of carbonyl (C=O) groups is 5. The number of carboxylic acids is 1. The Labute approximate surface area is 280 Å². The second-order valence-corrected chi connectivity index (χ2v) is 13.0. The Morgan fingerprint density at radius 1 is 0.812 bits per heavy atom. The van der Waals surface area contributed by atoms with Crippen LogP contribution in [0.1, 0.15) is 76.0 Å². The van der Waals surface area contributed by atoms with Crippen molar-refractivity contribution in [3.63, 3.8) is 0 Å². The number of para-hydroxylation sites is 1. The Morgan fingerprint density at radius 3 is 1.98 bits per heavy atom. The Bertz CT molecular complexity index is 1610. The van der Waals surface area contributed by atoms with Crippen LogP contribution in [0.3, 0.4) is 0 Å². The van der Waals surface area contributed by atoms with Crippen molar-refractivity contribution in [2.75, 3.05) is 10.6 Å². The van der Waals surface area contributed by atoms with Crippen molar-refractivity contribution in [1.82, 2.24) is 15.1 Å². The van der Waals surface area contributed by atoms with E-state index in [-0.39, 0.29) is 31.2 Å². The number of imide groups is 1. The number of amides is 6. The topological polar surface area (TPSA) is 148 Å². The fraction of sp³-hybridized carbons (Fsp3) is 0.378. The molecule has 1 aliphatic heterocycles. The number of anilines is 2. The quantitative estimate of drug-likeness (QED) is 0.163. The van der Waals surface area contributed by atoms with Crippen LogP contribution in [0.25, 0.3) is 0 Å². The molecule has 252 valence electrons. The Kier molecular flexibility index (Phi) is 10.8. The van der Waals surface area contributed by atoms with Crippen LogP contribution in [0.15, 0.2) is 84.9 Å². The van der Waals surface area contributed by atoms with E-state index in [1.165, 1.54) is 0 Å². The summed E-state index contributed by atoms with van der Waals surface area (Å²) >= 11 is 0. The molecule has 0 radical (unpaired) electrons. The molecule has 2 fully saturated rings. The number of nitrogens with one attached hydrogen (secondary N) is 3. The molecular formula is C37H43N5O6. The third kappa shape index (κ3) is 7.84. The average Bonchev–Trinajstić information content (AvgIpc) is 3.25. The third-order valence-electron chi connectivity index (χ3n) is 9.04. The molecule has 6 amide bonds. The number of hydrogen-bond acceptors (Lipinski definition) is 5. The van der Waals surface area contributed by atoms with E-state index in [1.807, 2.05) is 44.2 Å². The van der Waals surface area contributed by atoms with Gasteiger partial charge in [-0.15, -0.1) is 0 Å². The summed E-state index contributed by atoms with van der Waals surface area (Å²) in [7, 11) is 0. The third-order valence-corrected chi connectivity index (χ3v) is 9.04. The average molecular weight is 654 g/mol. The van der Waals surface area contributed by atoms with Gasteiger partial charge in [-0.25, -0.2) is 14.5 Å². The molecule has 1 saturated heterocycles. The van der Waals surface area contributed by atoms with Gasteiger partial charge >= 0.3 is 18.0 Å². The number of carboxylic acid groups (broad SMARTS) is 1. The summed E-state index contributed by atoms with van der Waals surface area (Å²) in [5, 5.41) is 18.0. The number of aliphatic carboxylic acids is 1. The SMILES string of the molecule is CC(C)C[C@@H](C(=O)N[C@@H](CC(=O)O)c1ccccc1)N1C(=O)N(Cc2ccc(NC(=O)Nc3ccccc3)cc2)C2(CCCCC2)C1=O. The lowest BCUT2D eigenvalue weighted by Gasteiger charge is -2.38. The minimum Gasteiger partial charge on any atom is -0.481 e. The van der Waals surface area contributed by atoms with Crippen molar-refractivity contribution in [1.29, 1.82) is 0 Å². The minimum atomic E-state index is -1.11. The molecule has 1 heterocycles. The van der Waals surface area contributed by atoms with E-state index >= 15 is 0 Å². The van der Waals surface area contributed by atoms with Crippen molar-refractivity contribution in [3.05, 3.63) is 96.1 Å². The van der Waals surface area contributed by atoms with Crippen LogP contribution in [0, 0.1) is 5.92 Å². The molecule has 11 heteroatoms. The van der Waals surface area contributed by atoms with Crippen LogP contribution < -0.4 is 16.0 Å². The van der Waals surface area contributed by atoms with Crippen LogP contribution in [0.5, 0.6) is 0 Å². The molecule has 0 bridgehead atoms. The van der Waals surface area contributed by atoms with Gasteiger partial charge in [0.15, 0.2) is 0 Å². The van der Waals surface area contributed by atoms with E-state index in [0.717, 1.165) is 29.7 Å². The molecule has 3 aromatic rings. The van der Waals surface area contributed by atoms with Crippen LogP contribution >= 0.6 is 0 Å². The van der Waals surface area contributed by atoms with Crippen LogP contribution in [-0.2, 0) is 20.9 Å². The van der Waals surface area contributed by atoms with E-state index in [4.69, 9.17) is 0 Å². The first-order chi connectivity index (χ1) is 23.1. The van der Waals surface area contributed by atoms with Crippen molar-refractivity contribution in [2.24, 2.45) is 5.92 Å². The first kappa shape index (κ1) is 34.2. The summed E-state index contributed by atoms with van der Waals surface area (Å²) in [6.07, 6.45) is 3.38. The number of urea groups is 2. The number of nitrogens with zero attached hydrogens (tertiary/aromatic N) is 2. The Hall–Kier alpha value is -5.19. The number of hydrogen-bond donors (Lipinski definition) is 4. The summed E-state index contributed by atoms with van der Waals surface area (Å²) in [4.78, 5) is 69.7. The minimum absolute atomic E-state index is 0.0357. The maximum absolute atomic E-state index is 14.4. The molecule has 3 aromatic carbocycles. The predicted octanol–water partition coefficient (Wildman–Crippen LogP) is 6.54. The fourth-order valence-electron chi connectivity index (χ4n) is 6.70. The maximum atomic E-state index is 14.4. The lowest BCUT2D eigenvalue weighted by molar-refractivity contribution is -0.142. The molecule has 2 atom stereocenters. The standard InChI is InChI=1S/C37H43N5O6/c1-25(2)22-31(33(45)40-30(23-32(43)44)27-12-6-3-7-13-27)42-34(46)37(20-10-5-11-21-37)41(36(42)48)24-26-16-18-29(19-17-26)39-35(47)38-28-14-8-4-9-15-28/h3-4,6-9,12-19,25,30-31H,5,10-11,20-24H2,1-2H3,(H,40,45)(H,43,44)(H2,38,39,47)/t30-,31-/m0/s1. The lowest BCUT2D eigenvalue weighted by Crippen LogP contribution is -2.53. The Morgan fingerprint density at radius 2 is 1.40 bits per heavy atom. The molecular weight excluding hydrogens is 610 g/mol. The summed E-state index contributed by atoms with van der Waals surface area (Å²) in [5.41, 5.74) is 1.54. The molecule has 48 heavy (non-hydrogen) atoms. The largest absolute Gasteiger partial charge is 0.481 e. The highest BCUT2D eigenvalue weighted by Crippen LogP contribution is 2.43. The first-order valence-corrected chi connectivity index (χ1v) is 16.5. The molecule has 4 N–H and O–H groups in total. The van der Waals surface area contributed by atoms with Gasteiger partial charge < -0.3 is 26.0 Å². The molecule has 5 rings (SSSR count). The molecule has 1 spiro atoms. The van der Waals surface area contributed by atoms with Gasteiger partial charge in [-0.3, -0.25) is 14.4 Å². The van der Waals surface area contributed by atoms with Gasteiger partial charge in [-0.05, 0) is 60.6 Å². The summed E-state index contributed by atoms with van der Waals surface area (Å²) in [6.45, 7) is 3.99. The van der Waals surface area contributed by atoms with E-state index in [9.17, 15) is 29.1 Å². The van der Waals surface area contributed by atoms with Crippen molar-refractivity contribution >= 4 is 41.2 Å². The molecule has 11 nitrogen and oxygen atoms in total. The zero-order valence-electron chi connectivity index (χ0n) is 27.4. The van der Waals surface area contributed by atoms with Crippen LogP contribution in [-0.4, -0.2) is 56.3 Å². The van der Waals surface area contributed by atoms with Crippen molar-refractivity contribution in [2.45, 2.75) is 83.0 Å². The molecule has 1 aliphatic carbocycles. The van der Waals surface area contributed by atoms with E-state index in [0.29, 0.717) is 29.8 Å². The highest BCUT2D eigenvalue weighted by atomic mass is 16.4. The summed E-state index contributed by atoms with van der Waals surface area (Å²) in [6, 6.07) is 22.2. The maximum Gasteiger partial charge on any atom is 0.328 e. The van der Waals surface area contributed by atoms with E-state index in [1.54, 1.807) is 59.5 Å². The smallest absolute Gasteiger partial charge is 0.328 e. The number of benzene rings is 3. The van der Waals surface area contributed by atoms with Gasteiger partial charge in [0, 0.05) is 17.9 Å². The molecule has 0 aromatic heterocycles. The second kappa shape index (κ2) is 15.1. The molecule has 1 saturated carbocycles. The predicted molar refractivity (Wildman–Crippen MR) is 182 cm³/mol. The summed E-state index contributed by atoms with van der Waals surface area (Å²) < 4.78 is 0. The summed E-state index contributed by atoms with van der Waals surface area (Å²) in [5.74, 6) is -2.05. The highest BCUT2D eigenvalue weighted by molar-refractivity contribution is 6.10. The number of rotatable bonds is 12. The molecule has 0 unspecified atom stereocenters. The normalized spacial score (nSPS) is 16.9. The monoisotopic (exact) mass is 653 g/mol. The van der Waals surface area contributed by atoms with Gasteiger partial charge in [0.05, 0.1) is 12.5 Å². The highest BCUT2D eigenvalue weighted by Gasteiger charge is 2.59. The van der Waals surface area contributed by atoms with E-state index in [2.05, 4.69) is 16.0 Å². The van der Waals surface area contributed by atoms with Gasteiger partial charge in [0.1, 0.15) is 11.6 Å². The van der Waals surface area contributed by atoms with Crippen molar-refractivity contribution in [3.8, 4) is 0 Å². The van der Waals surface area contributed by atoms with Crippen LogP contribution in [0.4, 0.5) is 21.0 Å². The zero-order valence-corrected chi connectivity index (χ0v) is 27.4. The Balaban J connectivity index is 1.37. The van der Waals surface area contributed by atoms with Gasteiger partial charge in [-0.1, -0.05) is 93.8 Å². The molecule has 2 aliphatic rings. The lowest BCUT2D eigenvalue weighted by atomic mass is 9.80. The van der Waals surface area contributed by atoms with E-state index < -0.39 is 41.6 Å². The van der Waals surface area contributed by atoms with Gasteiger partial charge in [-0.2, -0.15) is 0 Å². The van der Waals surface area contributed by atoms with Gasteiger partial charge in [0.2, 0.25) is 5.91 Å². The first-order valence-electron chi connectivity index (χ1n) is 16.5. The van der Waals surface area contributed by atoms with Crippen molar-refractivity contribution < 1.29 is 29.1 Å². The second-order valence-electron chi connectivity index (χ2n) is 13.0. The fourth-order valence-corrected chi connectivity index (χ4v) is 6.70. The zero-order chi connectivity index (χ0) is 34.3. The van der Waals surface area contributed by atoms with Gasteiger partial charge in [0.25, 0.3) is 5.91 Å². The van der Waals surface area contributed by atoms with Crippen LogP contribution in [0.2, 0.25) is 0 Å².